The van der Waals surface area contributed by atoms with Crippen molar-refractivity contribution in [3.8, 4) is 0 Å². The molecule has 0 aromatic heterocycles. The molecule has 21 heavy (non-hydrogen) atoms. The van der Waals surface area contributed by atoms with Crippen molar-refractivity contribution in [2.24, 2.45) is 5.41 Å². The molecule has 0 bridgehead atoms. The van der Waals surface area contributed by atoms with Crippen LogP contribution in [0, 0.1) is 11.2 Å². The van der Waals surface area contributed by atoms with E-state index in [1.54, 1.807) is 0 Å². The van der Waals surface area contributed by atoms with E-state index in [-0.39, 0.29) is 22.9 Å². The lowest BCUT2D eigenvalue weighted by atomic mass is 9.67. The van der Waals surface area contributed by atoms with Gasteiger partial charge in [0.15, 0.2) is 0 Å². The summed E-state index contributed by atoms with van der Waals surface area (Å²) in [6.07, 6.45) is 2.16. The third-order valence-corrected chi connectivity index (χ3v) is 5.47. The largest absolute Gasteiger partial charge is 0.481 e. The number of halogens is 2. The summed E-state index contributed by atoms with van der Waals surface area (Å²) in [5, 5.41) is 8.62. The van der Waals surface area contributed by atoms with Gasteiger partial charge >= 0.3 is 5.97 Å². The number of hydrogen-bond donors (Lipinski definition) is 2. The third-order valence-electron chi connectivity index (χ3n) is 3.78. The number of sulfonamides is 1. The highest BCUT2D eigenvalue weighted by molar-refractivity contribution is 7.89. The summed E-state index contributed by atoms with van der Waals surface area (Å²) >= 11 is 5.57. The molecule has 1 aromatic carbocycles. The van der Waals surface area contributed by atoms with Gasteiger partial charge in [0.25, 0.3) is 0 Å². The van der Waals surface area contributed by atoms with Crippen LogP contribution in [0.1, 0.15) is 25.7 Å². The summed E-state index contributed by atoms with van der Waals surface area (Å²) in [5.41, 5.74) is -0.525. The molecule has 8 heteroatoms. The Morgan fingerprint density at radius 1 is 1.43 bits per heavy atom. The van der Waals surface area contributed by atoms with Crippen LogP contribution in [0.25, 0.3) is 0 Å². The number of carboxylic acid groups (broad SMARTS) is 1. The summed E-state index contributed by atoms with van der Waals surface area (Å²) in [5.74, 6) is -1.64. The Labute approximate surface area is 127 Å². The van der Waals surface area contributed by atoms with Gasteiger partial charge in [-0.3, -0.25) is 4.79 Å². The van der Waals surface area contributed by atoms with Crippen LogP contribution in [0.2, 0.25) is 5.02 Å². The van der Waals surface area contributed by atoms with Gasteiger partial charge in [0.2, 0.25) is 10.0 Å². The monoisotopic (exact) mass is 335 g/mol. The highest BCUT2D eigenvalue weighted by Crippen LogP contribution is 2.43. The molecule has 0 heterocycles. The first-order valence-electron chi connectivity index (χ1n) is 6.41. The second kappa shape index (κ2) is 5.90. The fraction of sp³-hybridized carbons (Fsp3) is 0.462. The molecule has 0 radical (unpaired) electrons. The van der Waals surface area contributed by atoms with Crippen molar-refractivity contribution >= 4 is 27.6 Å². The van der Waals surface area contributed by atoms with Gasteiger partial charge in [0.05, 0.1) is 16.3 Å². The lowest BCUT2D eigenvalue weighted by Gasteiger charge is -2.40. The molecule has 0 spiro atoms. The van der Waals surface area contributed by atoms with Crippen molar-refractivity contribution in [3.05, 3.63) is 29.0 Å². The maximum atomic E-state index is 13.1. The molecular weight excluding hydrogens is 321 g/mol. The van der Waals surface area contributed by atoms with E-state index in [9.17, 15) is 17.6 Å². The molecule has 1 aromatic rings. The molecule has 0 amide bonds. The molecule has 0 atom stereocenters. The Morgan fingerprint density at radius 3 is 2.57 bits per heavy atom. The van der Waals surface area contributed by atoms with Crippen LogP contribution in [0.15, 0.2) is 23.1 Å². The molecule has 0 saturated heterocycles. The minimum Gasteiger partial charge on any atom is -0.481 e. The van der Waals surface area contributed by atoms with Crippen LogP contribution in [-0.4, -0.2) is 26.0 Å². The molecule has 0 unspecified atom stereocenters. The van der Waals surface area contributed by atoms with Gasteiger partial charge in [-0.15, -0.1) is 0 Å². The first-order valence-corrected chi connectivity index (χ1v) is 8.27. The van der Waals surface area contributed by atoms with Crippen LogP contribution in [0.4, 0.5) is 4.39 Å². The van der Waals surface area contributed by atoms with Crippen LogP contribution in [0.5, 0.6) is 0 Å². The summed E-state index contributed by atoms with van der Waals surface area (Å²) in [6, 6.07) is 3.13. The molecule has 5 nitrogen and oxygen atoms in total. The van der Waals surface area contributed by atoms with Gasteiger partial charge in [0.1, 0.15) is 5.82 Å². The maximum Gasteiger partial charge on any atom is 0.303 e. The van der Waals surface area contributed by atoms with Gasteiger partial charge in [-0.1, -0.05) is 18.0 Å². The molecule has 1 saturated carbocycles. The number of nitrogens with one attached hydrogen (secondary N) is 1. The fourth-order valence-electron chi connectivity index (χ4n) is 2.39. The zero-order valence-corrected chi connectivity index (χ0v) is 12.7. The van der Waals surface area contributed by atoms with Crippen molar-refractivity contribution in [2.45, 2.75) is 30.6 Å². The quantitative estimate of drug-likeness (QED) is 0.836. The predicted molar refractivity (Wildman–Crippen MR) is 75.1 cm³/mol. The third kappa shape index (κ3) is 3.72. The van der Waals surface area contributed by atoms with E-state index >= 15 is 0 Å². The summed E-state index contributed by atoms with van der Waals surface area (Å²) in [6.45, 7) is 0.0522. The van der Waals surface area contributed by atoms with Crippen molar-refractivity contribution in [1.82, 2.24) is 4.72 Å². The maximum absolute atomic E-state index is 13.1. The van der Waals surface area contributed by atoms with E-state index in [0.717, 1.165) is 24.6 Å². The van der Waals surface area contributed by atoms with E-state index in [0.29, 0.717) is 12.8 Å². The van der Waals surface area contributed by atoms with E-state index in [1.165, 1.54) is 0 Å². The number of carbonyl (C=O) groups is 1. The molecule has 1 fully saturated rings. The van der Waals surface area contributed by atoms with E-state index in [4.69, 9.17) is 16.7 Å². The average Bonchev–Trinajstić information content (AvgIpc) is 2.35. The Hall–Kier alpha value is -1.18. The van der Waals surface area contributed by atoms with Gasteiger partial charge < -0.3 is 5.11 Å². The molecular formula is C13H15ClFNO4S. The second-order valence-corrected chi connectivity index (χ2v) is 7.50. The van der Waals surface area contributed by atoms with Gasteiger partial charge in [-0.25, -0.2) is 17.5 Å². The van der Waals surface area contributed by atoms with Crippen molar-refractivity contribution < 1.29 is 22.7 Å². The lowest BCUT2D eigenvalue weighted by Crippen LogP contribution is -2.43. The molecule has 1 aliphatic rings. The molecule has 116 valence electrons. The molecule has 0 aliphatic heterocycles. The van der Waals surface area contributed by atoms with E-state index < -0.39 is 27.2 Å². The van der Waals surface area contributed by atoms with Gasteiger partial charge in [0, 0.05) is 6.54 Å². The summed E-state index contributed by atoms with van der Waals surface area (Å²) in [7, 11) is -3.84. The van der Waals surface area contributed by atoms with Gasteiger partial charge in [-0.2, -0.15) is 0 Å². The Bertz CT molecular complexity index is 658. The van der Waals surface area contributed by atoms with Gasteiger partial charge in [-0.05, 0) is 36.5 Å². The minimum atomic E-state index is -3.84. The van der Waals surface area contributed by atoms with Crippen molar-refractivity contribution in [3.63, 3.8) is 0 Å². The summed E-state index contributed by atoms with van der Waals surface area (Å²) in [4.78, 5) is 10.7. The number of rotatable bonds is 6. The fourth-order valence-corrected chi connectivity index (χ4v) is 3.82. The molecule has 2 rings (SSSR count). The van der Waals surface area contributed by atoms with Crippen molar-refractivity contribution in [2.75, 3.05) is 6.54 Å². The predicted octanol–water partition coefficient (Wildman–Crippen LogP) is 2.40. The summed E-state index contributed by atoms with van der Waals surface area (Å²) < 4.78 is 39.7. The molecule has 2 N–H and O–H groups in total. The Balaban J connectivity index is 2.10. The van der Waals surface area contributed by atoms with Crippen LogP contribution in [-0.2, 0) is 14.8 Å². The Morgan fingerprint density at radius 2 is 2.10 bits per heavy atom. The second-order valence-electron chi connectivity index (χ2n) is 5.32. The SMILES string of the molecule is O=C(O)CC1(CNS(=O)(=O)c2ccc(F)c(Cl)c2)CCC1. The first kappa shape index (κ1) is 16.2. The minimum absolute atomic E-state index is 0.0522. The van der Waals surface area contributed by atoms with Crippen LogP contribution >= 0.6 is 11.6 Å². The highest BCUT2D eigenvalue weighted by Gasteiger charge is 2.39. The average molecular weight is 336 g/mol. The van der Waals surface area contributed by atoms with Crippen LogP contribution in [0.3, 0.4) is 0 Å². The molecule has 1 aliphatic carbocycles. The topological polar surface area (TPSA) is 83.5 Å². The van der Waals surface area contributed by atoms with Crippen LogP contribution < -0.4 is 4.72 Å². The lowest BCUT2D eigenvalue weighted by molar-refractivity contribution is -0.141. The zero-order valence-electron chi connectivity index (χ0n) is 11.1. The standard InChI is InChI=1S/C13H15ClFNO4S/c14-10-6-9(2-3-11(10)15)21(19,20)16-8-13(4-1-5-13)7-12(17)18/h2-3,6,16H,1,4-5,7-8H2,(H,17,18). The number of benzene rings is 1. The number of aliphatic carboxylic acids is 1. The number of carboxylic acids is 1. The van der Waals surface area contributed by atoms with E-state index in [1.807, 2.05) is 0 Å². The first-order chi connectivity index (χ1) is 9.74. The normalized spacial score (nSPS) is 17.2. The van der Waals surface area contributed by atoms with E-state index in [2.05, 4.69) is 4.72 Å². The zero-order chi connectivity index (χ0) is 15.7. The highest BCUT2D eigenvalue weighted by atomic mass is 35.5. The van der Waals surface area contributed by atoms with Crippen molar-refractivity contribution in [1.29, 1.82) is 0 Å². The smallest absolute Gasteiger partial charge is 0.303 e. The Kier molecular flexibility index (Phi) is 4.55. The number of hydrogen-bond acceptors (Lipinski definition) is 3.